The second-order valence-corrected chi connectivity index (χ2v) is 10.9. The summed E-state index contributed by atoms with van der Waals surface area (Å²) in [6.45, 7) is 4.25. The minimum Gasteiger partial charge on any atom is -0.350 e. The Morgan fingerprint density at radius 2 is 2.00 bits per heavy atom. The maximum absolute atomic E-state index is 12.9. The first kappa shape index (κ1) is 26.4. The van der Waals surface area contributed by atoms with E-state index < -0.39 is 0 Å². The summed E-state index contributed by atoms with van der Waals surface area (Å²) in [6, 6.07) is 13.1. The molecule has 3 heterocycles. The molecule has 36 heavy (non-hydrogen) atoms. The maximum Gasteiger partial charge on any atom is 0.270 e. The van der Waals surface area contributed by atoms with Gasteiger partial charge >= 0.3 is 0 Å². The number of amides is 2. The van der Waals surface area contributed by atoms with Gasteiger partial charge in [0.15, 0.2) is 0 Å². The predicted octanol–water partition coefficient (Wildman–Crippen LogP) is 6.39. The van der Waals surface area contributed by atoms with Gasteiger partial charge in [0.1, 0.15) is 10.7 Å². The summed E-state index contributed by atoms with van der Waals surface area (Å²) in [4.78, 5) is 32.7. The van der Waals surface area contributed by atoms with Crippen LogP contribution in [0.25, 0.3) is 0 Å². The molecule has 0 aliphatic carbocycles. The first-order valence-electron chi connectivity index (χ1n) is 11.6. The van der Waals surface area contributed by atoms with Crippen LogP contribution in [0, 0.1) is 0 Å². The van der Waals surface area contributed by atoms with Crippen LogP contribution in [0.2, 0.25) is 10.0 Å². The van der Waals surface area contributed by atoms with Crippen LogP contribution in [0.1, 0.15) is 49.8 Å². The molecule has 6 nitrogen and oxygen atoms in total. The topological polar surface area (TPSA) is 67.2 Å². The molecule has 0 bridgehead atoms. The predicted molar refractivity (Wildman–Crippen MR) is 147 cm³/mol. The van der Waals surface area contributed by atoms with Crippen LogP contribution >= 0.6 is 45.9 Å². The zero-order valence-corrected chi connectivity index (χ0v) is 22.9. The molecule has 3 aromatic heterocycles. The van der Waals surface area contributed by atoms with Gasteiger partial charge in [-0.1, -0.05) is 42.3 Å². The number of nitrogens with one attached hydrogen (secondary N) is 1. The highest BCUT2D eigenvalue weighted by Crippen LogP contribution is 2.21. The molecule has 4 aromatic rings. The van der Waals surface area contributed by atoms with Crippen LogP contribution < -0.4 is 5.32 Å². The third-order valence-corrected chi connectivity index (χ3v) is 7.85. The normalized spacial score (nSPS) is 11.0. The van der Waals surface area contributed by atoms with Crippen molar-refractivity contribution in [2.75, 3.05) is 13.1 Å². The molecule has 1 aromatic carbocycles. The number of hydrogen-bond donors (Lipinski definition) is 1. The summed E-state index contributed by atoms with van der Waals surface area (Å²) in [6.07, 6.45) is 3.46. The van der Waals surface area contributed by atoms with Crippen LogP contribution in [0.4, 0.5) is 0 Å². The highest BCUT2D eigenvalue weighted by molar-refractivity contribution is 7.12. The molecule has 1 N–H and O–H groups in total. The number of halogens is 2. The first-order valence-corrected chi connectivity index (χ1v) is 14.1. The Labute approximate surface area is 228 Å². The summed E-state index contributed by atoms with van der Waals surface area (Å²) in [5.41, 5.74) is 2.34. The lowest BCUT2D eigenvalue weighted by molar-refractivity contribution is 0.0744. The van der Waals surface area contributed by atoms with Crippen molar-refractivity contribution in [1.29, 1.82) is 0 Å². The average Bonchev–Trinajstić information content (AvgIpc) is 3.63. The van der Waals surface area contributed by atoms with Crippen LogP contribution in [0.3, 0.4) is 0 Å². The second-order valence-electron chi connectivity index (χ2n) is 8.20. The number of thiazole rings is 1. The van der Waals surface area contributed by atoms with E-state index in [2.05, 4.69) is 21.8 Å². The fourth-order valence-corrected chi connectivity index (χ4v) is 5.75. The van der Waals surface area contributed by atoms with Gasteiger partial charge in [-0.25, -0.2) is 4.98 Å². The standard InChI is InChI=1S/C26H26Cl2N4O2S2/c1-2-11-32(26(34)23-6-4-13-35-23)15-20-5-3-12-31(20)16-24-30-22(17-36-24)25(33)29-10-9-18-7-8-19(27)14-21(18)28/h3-8,12-14,17H,2,9-11,15-16H2,1H3,(H,29,33). The molecule has 0 saturated heterocycles. The molecule has 2 amide bonds. The lowest BCUT2D eigenvalue weighted by Crippen LogP contribution is -2.31. The van der Waals surface area contributed by atoms with E-state index in [0.29, 0.717) is 48.3 Å². The van der Waals surface area contributed by atoms with Gasteiger partial charge in [-0.05, 0) is 54.1 Å². The van der Waals surface area contributed by atoms with E-state index in [1.807, 2.05) is 46.8 Å². The molecule has 0 saturated carbocycles. The van der Waals surface area contributed by atoms with E-state index >= 15 is 0 Å². The molecular weight excluding hydrogens is 535 g/mol. The highest BCUT2D eigenvalue weighted by Gasteiger charge is 2.18. The van der Waals surface area contributed by atoms with E-state index in [4.69, 9.17) is 23.2 Å². The lowest BCUT2D eigenvalue weighted by Gasteiger charge is -2.22. The smallest absolute Gasteiger partial charge is 0.270 e. The van der Waals surface area contributed by atoms with Gasteiger partial charge in [-0.15, -0.1) is 22.7 Å². The molecule has 10 heteroatoms. The summed E-state index contributed by atoms with van der Waals surface area (Å²) in [7, 11) is 0. The summed E-state index contributed by atoms with van der Waals surface area (Å²) < 4.78 is 2.08. The van der Waals surface area contributed by atoms with Gasteiger partial charge in [0.05, 0.1) is 18.0 Å². The number of carbonyl (C=O) groups is 2. The van der Waals surface area contributed by atoms with E-state index in [9.17, 15) is 9.59 Å². The third kappa shape index (κ3) is 6.76. The second kappa shape index (κ2) is 12.5. The summed E-state index contributed by atoms with van der Waals surface area (Å²) in [5.74, 6) is -0.168. The zero-order chi connectivity index (χ0) is 25.5. The first-order chi connectivity index (χ1) is 17.4. The fraction of sp³-hybridized carbons (Fsp3) is 0.269. The van der Waals surface area contributed by atoms with Gasteiger partial charge in [0, 0.05) is 40.4 Å². The van der Waals surface area contributed by atoms with Crippen molar-refractivity contribution in [3.63, 3.8) is 0 Å². The molecule has 4 rings (SSSR count). The van der Waals surface area contributed by atoms with Crippen LogP contribution in [-0.2, 0) is 19.5 Å². The van der Waals surface area contributed by atoms with Gasteiger partial charge in [0.25, 0.3) is 11.8 Å². The monoisotopic (exact) mass is 560 g/mol. The number of aromatic nitrogens is 2. The molecule has 0 radical (unpaired) electrons. The number of carbonyl (C=O) groups excluding carboxylic acids is 2. The van der Waals surface area contributed by atoms with Gasteiger partial charge in [-0.3, -0.25) is 9.59 Å². The molecule has 188 valence electrons. The van der Waals surface area contributed by atoms with Crippen molar-refractivity contribution < 1.29 is 9.59 Å². The fourth-order valence-electron chi connectivity index (χ4n) is 3.78. The Kier molecular flexibility index (Phi) is 9.20. The SMILES string of the molecule is CCCN(Cc1cccn1Cc1nc(C(=O)NCCc2ccc(Cl)cc2Cl)cs1)C(=O)c1cccs1. The Morgan fingerprint density at radius 1 is 1.14 bits per heavy atom. The number of thiophene rings is 1. The molecule has 0 spiro atoms. The van der Waals surface area contributed by atoms with Crippen molar-refractivity contribution in [3.05, 3.63) is 96.3 Å². The van der Waals surface area contributed by atoms with Crippen molar-refractivity contribution in [2.45, 2.75) is 32.9 Å². The molecular formula is C26H26Cl2N4O2S2. The van der Waals surface area contributed by atoms with Crippen molar-refractivity contribution in [2.24, 2.45) is 0 Å². The molecule has 0 fully saturated rings. The van der Waals surface area contributed by atoms with E-state index in [1.54, 1.807) is 17.5 Å². The molecule has 0 unspecified atom stereocenters. The largest absolute Gasteiger partial charge is 0.350 e. The third-order valence-electron chi connectivity index (χ3n) is 5.57. The van der Waals surface area contributed by atoms with Gasteiger partial charge in [-0.2, -0.15) is 0 Å². The van der Waals surface area contributed by atoms with Crippen molar-refractivity contribution in [3.8, 4) is 0 Å². The minimum absolute atomic E-state index is 0.0488. The van der Waals surface area contributed by atoms with Crippen molar-refractivity contribution in [1.82, 2.24) is 19.8 Å². The lowest BCUT2D eigenvalue weighted by atomic mass is 10.1. The summed E-state index contributed by atoms with van der Waals surface area (Å²) in [5, 5.41) is 8.59. The van der Waals surface area contributed by atoms with Crippen LogP contribution in [-0.4, -0.2) is 39.4 Å². The van der Waals surface area contributed by atoms with Crippen LogP contribution in [0.15, 0.2) is 59.4 Å². The average molecular weight is 562 g/mol. The van der Waals surface area contributed by atoms with Crippen molar-refractivity contribution >= 4 is 57.7 Å². The van der Waals surface area contributed by atoms with Crippen LogP contribution in [0.5, 0.6) is 0 Å². The van der Waals surface area contributed by atoms with Gasteiger partial charge in [0.2, 0.25) is 0 Å². The highest BCUT2D eigenvalue weighted by atomic mass is 35.5. The quantitative estimate of drug-likeness (QED) is 0.231. The number of nitrogens with zero attached hydrogens (tertiary/aromatic N) is 3. The Balaban J connectivity index is 1.35. The maximum atomic E-state index is 12.9. The van der Waals surface area contributed by atoms with E-state index in [-0.39, 0.29) is 11.8 Å². The minimum atomic E-state index is -0.217. The Hall–Kier alpha value is -2.65. The van der Waals surface area contributed by atoms with Gasteiger partial charge < -0.3 is 14.8 Å². The number of benzene rings is 1. The Morgan fingerprint density at radius 3 is 2.75 bits per heavy atom. The number of hydrogen-bond acceptors (Lipinski definition) is 5. The molecule has 0 atom stereocenters. The zero-order valence-electron chi connectivity index (χ0n) is 19.7. The summed E-state index contributed by atoms with van der Waals surface area (Å²) >= 11 is 15.0. The number of rotatable bonds is 11. The molecule has 0 aliphatic heterocycles. The molecule has 0 aliphatic rings. The Bertz CT molecular complexity index is 1320. The van der Waals surface area contributed by atoms with E-state index in [0.717, 1.165) is 27.6 Å². The van der Waals surface area contributed by atoms with E-state index in [1.165, 1.54) is 22.7 Å².